The van der Waals surface area contributed by atoms with Gasteiger partial charge in [-0.3, -0.25) is 4.72 Å². The molecule has 0 spiro atoms. The Labute approximate surface area is 139 Å². The highest BCUT2D eigenvalue weighted by molar-refractivity contribution is 7.92. The quantitative estimate of drug-likeness (QED) is 0.790. The maximum Gasteiger partial charge on any atom is 0.261 e. The van der Waals surface area contributed by atoms with Crippen molar-refractivity contribution in [3.8, 4) is 0 Å². The highest BCUT2D eigenvalue weighted by atomic mass is 32.2. The zero-order valence-corrected chi connectivity index (χ0v) is 14.7. The van der Waals surface area contributed by atoms with E-state index in [1.165, 1.54) is 0 Å². The van der Waals surface area contributed by atoms with Crippen LogP contribution in [0.2, 0.25) is 0 Å². The summed E-state index contributed by atoms with van der Waals surface area (Å²) in [6.45, 7) is 6.19. The molecule has 0 heterocycles. The van der Waals surface area contributed by atoms with Crippen LogP contribution in [0.15, 0.2) is 53.4 Å². The molecule has 5 heteroatoms. The molecule has 23 heavy (non-hydrogen) atoms. The van der Waals surface area contributed by atoms with Gasteiger partial charge in [-0.2, -0.15) is 0 Å². The zero-order valence-electron chi connectivity index (χ0n) is 13.8. The van der Waals surface area contributed by atoms with E-state index in [0.29, 0.717) is 11.7 Å². The molecule has 0 aliphatic rings. The second kappa shape index (κ2) is 7.51. The third-order valence-electron chi connectivity index (χ3n) is 3.58. The van der Waals surface area contributed by atoms with Gasteiger partial charge in [0.2, 0.25) is 0 Å². The molecule has 2 N–H and O–H groups in total. The van der Waals surface area contributed by atoms with E-state index >= 15 is 0 Å². The van der Waals surface area contributed by atoms with Crippen LogP contribution in [0.3, 0.4) is 0 Å². The molecule has 0 amide bonds. The third-order valence-corrected chi connectivity index (χ3v) is 4.98. The van der Waals surface area contributed by atoms with Crippen LogP contribution in [-0.4, -0.2) is 14.5 Å². The third kappa shape index (κ3) is 4.99. The highest BCUT2D eigenvalue weighted by Crippen LogP contribution is 2.20. The lowest BCUT2D eigenvalue weighted by atomic mass is 10.2. The Morgan fingerprint density at radius 3 is 2.35 bits per heavy atom. The molecule has 2 aromatic rings. The molecule has 2 rings (SSSR count). The van der Waals surface area contributed by atoms with Crippen LogP contribution in [0, 0.1) is 6.92 Å². The molecule has 0 bridgehead atoms. The summed E-state index contributed by atoms with van der Waals surface area (Å²) in [6, 6.07) is 14.5. The van der Waals surface area contributed by atoms with Crippen LogP contribution in [-0.2, 0) is 10.0 Å². The van der Waals surface area contributed by atoms with Gasteiger partial charge in [0.05, 0.1) is 10.6 Å². The number of anilines is 2. The summed E-state index contributed by atoms with van der Waals surface area (Å²) in [4.78, 5) is 0.265. The maximum absolute atomic E-state index is 12.4. The Morgan fingerprint density at radius 1 is 1.04 bits per heavy atom. The number of hydrogen-bond acceptors (Lipinski definition) is 3. The SMILES string of the molecule is CCCC(C)Nc1cccc(NS(=O)(=O)c2ccc(C)cc2)c1. The van der Waals surface area contributed by atoms with E-state index in [-0.39, 0.29) is 4.90 Å². The lowest BCUT2D eigenvalue weighted by molar-refractivity contribution is 0.601. The lowest BCUT2D eigenvalue weighted by Gasteiger charge is -2.15. The Balaban J connectivity index is 2.14. The first-order valence-corrected chi connectivity index (χ1v) is 9.35. The fraction of sp³-hybridized carbons (Fsp3) is 0.333. The Kier molecular flexibility index (Phi) is 5.66. The van der Waals surface area contributed by atoms with Crippen molar-refractivity contribution in [1.29, 1.82) is 0 Å². The van der Waals surface area contributed by atoms with Crippen molar-refractivity contribution in [2.75, 3.05) is 10.0 Å². The number of nitrogens with one attached hydrogen (secondary N) is 2. The second-order valence-corrected chi connectivity index (χ2v) is 7.52. The Hall–Kier alpha value is -2.01. The van der Waals surface area contributed by atoms with Crippen molar-refractivity contribution in [1.82, 2.24) is 0 Å². The van der Waals surface area contributed by atoms with E-state index in [9.17, 15) is 8.42 Å². The Morgan fingerprint density at radius 2 is 1.70 bits per heavy atom. The van der Waals surface area contributed by atoms with E-state index < -0.39 is 10.0 Å². The van der Waals surface area contributed by atoms with E-state index in [1.54, 1.807) is 30.3 Å². The molecule has 1 atom stereocenters. The largest absolute Gasteiger partial charge is 0.383 e. The fourth-order valence-corrected chi connectivity index (χ4v) is 3.44. The first-order valence-electron chi connectivity index (χ1n) is 7.87. The molecular weight excluding hydrogens is 308 g/mol. The minimum absolute atomic E-state index is 0.265. The van der Waals surface area contributed by atoms with Gasteiger partial charge in [0.1, 0.15) is 0 Å². The van der Waals surface area contributed by atoms with Crippen molar-refractivity contribution < 1.29 is 8.42 Å². The van der Waals surface area contributed by atoms with Gasteiger partial charge in [0.25, 0.3) is 10.0 Å². The summed E-state index contributed by atoms with van der Waals surface area (Å²) in [5.74, 6) is 0. The van der Waals surface area contributed by atoms with Crippen LogP contribution in [0.4, 0.5) is 11.4 Å². The van der Waals surface area contributed by atoms with E-state index in [2.05, 4.69) is 23.9 Å². The minimum Gasteiger partial charge on any atom is -0.383 e. The predicted molar refractivity (Wildman–Crippen MR) is 96.4 cm³/mol. The van der Waals surface area contributed by atoms with Crippen molar-refractivity contribution in [2.45, 2.75) is 44.6 Å². The monoisotopic (exact) mass is 332 g/mol. The van der Waals surface area contributed by atoms with Crippen LogP contribution < -0.4 is 10.0 Å². The van der Waals surface area contributed by atoms with Gasteiger partial charge >= 0.3 is 0 Å². The summed E-state index contributed by atoms with van der Waals surface area (Å²) >= 11 is 0. The molecule has 2 aromatic carbocycles. The van der Waals surface area contributed by atoms with Crippen LogP contribution in [0.25, 0.3) is 0 Å². The molecule has 1 unspecified atom stereocenters. The van der Waals surface area contributed by atoms with Gasteiger partial charge in [0.15, 0.2) is 0 Å². The van der Waals surface area contributed by atoms with Crippen molar-refractivity contribution in [2.24, 2.45) is 0 Å². The number of benzene rings is 2. The average molecular weight is 332 g/mol. The Bertz CT molecular complexity index is 740. The highest BCUT2D eigenvalue weighted by Gasteiger charge is 2.14. The molecule has 4 nitrogen and oxygen atoms in total. The lowest BCUT2D eigenvalue weighted by Crippen LogP contribution is -2.15. The topological polar surface area (TPSA) is 58.2 Å². The first kappa shape index (κ1) is 17.3. The van der Waals surface area contributed by atoms with Crippen molar-refractivity contribution in [3.63, 3.8) is 0 Å². The standard InChI is InChI=1S/C18H24N2O2S/c1-4-6-15(3)19-16-7-5-8-17(13-16)20-23(21,22)18-11-9-14(2)10-12-18/h5,7-13,15,19-20H,4,6H2,1-3H3. The molecular formula is C18H24N2O2S. The number of rotatable bonds is 7. The zero-order chi connectivity index (χ0) is 16.9. The summed E-state index contributed by atoms with van der Waals surface area (Å²) in [6.07, 6.45) is 2.17. The minimum atomic E-state index is -3.56. The maximum atomic E-state index is 12.4. The second-order valence-electron chi connectivity index (χ2n) is 5.83. The first-order chi connectivity index (χ1) is 10.9. The number of aryl methyl sites for hydroxylation is 1. The van der Waals surface area contributed by atoms with Crippen molar-refractivity contribution in [3.05, 3.63) is 54.1 Å². The molecule has 0 aliphatic heterocycles. The smallest absolute Gasteiger partial charge is 0.261 e. The molecule has 0 aromatic heterocycles. The molecule has 124 valence electrons. The fourth-order valence-electron chi connectivity index (χ4n) is 2.39. The van der Waals surface area contributed by atoms with Gasteiger partial charge in [-0.15, -0.1) is 0 Å². The summed E-state index contributed by atoms with van der Waals surface area (Å²) in [5, 5.41) is 3.38. The van der Waals surface area contributed by atoms with Gasteiger partial charge in [0, 0.05) is 11.7 Å². The van der Waals surface area contributed by atoms with Gasteiger partial charge in [-0.25, -0.2) is 8.42 Å². The average Bonchev–Trinajstić information content (AvgIpc) is 2.47. The van der Waals surface area contributed by atoms with Gasteiger partial charge < -0.3 is 5.32 Å². The van der Waals surface area contributed by atoms with Gasteiger partial charge in [-0.05, 0) is 50.6 Å². The summed E-state index contributed by atoms with van der Waals surface area (Å²) < 4.78 is 27.5. The molecule has 0 fully saturated rings. The van der Waals surface area contributed by atoms with E-state index in [1.807, 2.05) is 25.1 Å². The van der Waals surface area contributed by atoms with E-state index in [0.717, 1.165) is 24.1 Å². The molecule has 0 saturated heterocycles. The van der Waals surface area contributed by atoms with Gasteiger partial charge in [-0.1, -0.05) is 37.1 Å². The normalized spacial score (nSPS) is 12.7. The predicted octanol–water partition coefficient (Wildman–Crippen LogP) is 4.40. The van der Waals surface area contributed by atoms with Crippen LogP contribution >= 0.6 is 0 Å². The number of hydrogen-bond donors (Lipinski definition) is 2. The molecule has 0 radical (unpaired) electrons. The van der Waals surface area contributed by atoms with Crippen molar-refractivity contribution >= 4 is 21.4 Å². The summed E-state index contributed by atoms with van der Waals surface area (Å²) in [5.41, 5.74) is 2.49. The molecule has 0 aliphatic carbocycles. The summed E-state index contributed by atoms with van der Waals surface area (Å²) in [7, 11) is -3.56. The van der Waals surface area contributed by atoms with Crippen LogP contribution in [0.1, 0.15) is 32.3 Å². The van der Waals surface area contributed by atoms with E-state index in [4.69, 9.17) is 0 Å². The van der Waals surface area contributed by atoms with Crippen LogP contribution in [0.5, 0.6) is 0 Å². The molecule has 0 saturated carbocycles. The number of sulfonamides is 1.